The van der Waals surface area contributed by atoms with E-state index >= 15 is 0 Å². The molecule has 5 nitrogen and oxygen atoms in total. The Morgan fingerprint density at radius 2 is 1.68 bits per heavy atom. The van der Waals surface area contributed by atoms with Gasteiger partial charge in [0.1, 0.15) is 0 Å². The topological polar surface area (TPSA) is 78.4 Å². The Labute approximate surface area is 129 Å². The van der Waals surface area contributed by atoms with E-state index in [1.807, 2.05) is 6.07 Å². The van der Waals surface area contributed by atoms with Crippen LogP contribution in [0.1, 0.15) is 17.2 Å². The Kier molecular flexibility index (Phi) is 5.27. The Bertz CT molecular complexity index is 639. The van der Waals surface area contributed by atoms with Crippen molar-refractivity contribution in [1.29, 1.82) is 0 Å². The zero-order chi connectivity index (χ0) is 15.9. The van der Waals surface area contributed by atoms with Gasteiger partial charge in [-0.25, -0.2) is 0 Å². The second-order valence-corrected chi connectivity index (χ2v) is 4.85. The lowest BCUT2D eigenvalue weighted by Gasteiger charge is -2.12. The van der Waals surface area contributed by atoms with E-state index in [2.05, 4.69) is 10.6 Å². The number of benzene rings is 2. The van der Waals surface area contributed by atoms with Crippen molar-refractivity contribution < 1.29 is 14.7 Å². The van der Waals surface area contributed by atoms with Crippen molar-refractivity contribution in [2.75, 3.05) is 12.4 Å². The van der Waals surface area contributed by atoms with E-state index < -0.39 is 12.0 Å². The summed E-state index contributed by atoms with van der Waals surface area (Å²) >= 11 is 0. The molecule has 1 unspecified atom stereocenters. The second kappa shape index (κ2) is 7.38. The maximum absolute atomic E-state index is 12.0. The smallest absolute Gasteiger partial charge is 0.257 e. The molecule has 0 heterocycles. The Morgan fingerprint density at radius 1 is 1.05 bits per heavy atom. The highest BCUT2D eigenvalue weighted by molar-refractivity contribution is 5.94. The van der Waals surface area contributed by atoms with Gasteiger partial charge in [-0.1, -0.05) is 42.5 Å². The number of aliphatic hydroxyl groups excluding tert-OH is 1. The summed E-state index contributed by atoms with van der Waals surface area (Å²) in [5.41, 5.74) is 1.96. The molecule has 0 aliphatic heterocycles. The minimum absolute atomic E-state index is 0.0729. The number of aliphatic hydroxyl groups is 1. The Hall–Kier alpha value is -2.66. The average molecular weight is 298 g/mol. The van der Waals surface area contributed by atoms with E-state index in [-0.39, 0.29) is 12.3 Å². The molecule has 2 amide bonds. The summed E-state index contributed by atoms with van der Waals surface area (Å²) in [5, 5.41) is 15.2. The van der Waals surface area contributed by atoms with Gasteiger partial charge in [-0.2, -0.15) is 0 Å². The van der Waals surface area contributed by atoms with Crippen molar-refractivity contribution in [2.45, 2.75) is 12.5 Å². The van der Waals surface area contributed by atoms with E-state index in [4.69, 9.17) is 0 Å². The molecule has 0 spiro atoms. The molecular formula is C17H18N2O3. The quantitative estimate of drug-likeness (QED) is 0.785. The number of carbonyl (C=O) groups excluding carboxylic acids is 2. The average Bonchev–Trinajstić information content (AvgIpc) is 2.56. The number of anilines is 1. The number of nitrogens with one attached hydrogen (secondary N) is 2. The van der Waals surface area contributed by atoms with Crippen molar-refractivity contribution in [3.63, 3.8) is 0 Å². The molecule has 2 aromatic rings. The number of amides is 2. The molecule has 2 aromatic carbocycles. The van der Waals surface area contributed by atoms with Crippen molar-refractivity contribution in [3.05, 3.63) is 65.7 Å². The van der Waals surface area contributed by atoms with Gasteiger partial charge in [0, 0.05) is 12.7 Å². The van der Waals surface area contributed by atoms with Crippen LogP contribution < -0.4 is 10.6 Å². The molecule has 2 rings (SSSR count). The lowest BCUT2D eigenvalue weighted by atomic mass is 10.1. The highest BCUT2D eigenvalue weighted by atomic mass is 16.3. The summed E-state index contributed by atoms with van der Waals surface area (Å²) in [7, 11) is 1.59. The van der Waals surface area contributed by atoms with Crippen LogP contribution in [0.5, 0.6) is 0 Å². The largest absolute Gasteiger partial charge is 0.378 e. The van der Waals surface area contributed by atoms with Crippen LogP contribution in [0.3, 0.4) is 0 Å². The first kappa shape index (κ1) is 15.7. The number of likely N-dealkylation sites (N-methyl/N-ethyl adjacent to an activating group) is 1. The first-order valence-corrected chi connectivity index (χ1v) is 6.93. The molecule has 22 heavy (non-hydrogen) atoms. The van der Waals surface area contributed by atoms with Crippen LogP contribution in [0.2, 0.25) is 0 Å². The van der Waals surface area contributed by atoms with Gasteiger partial charge in [-0.05, 0) is 23.3 Å². The predicted octanol–water partition coefficient (Wildman–Crippen LogP) is 1.65. The summed E-state index contributed by atoms with van der Waals surface area (Å²) < 4.78 is 0. The number of hydrogen-bond donors (Lipinski definition) is 3. The van der Waals surface area contributed by atoms with Gasteiger partial charge in [0.05, 0.1) is 6.42 Å². The van der Waals surface area contributed by atoms with Crippen LogP contribution in [0.25, 0.3) is 0 Å². The summed E-state index contributed by atoms with van der Waals surface area (Å²) in [6.45, 7) is 0. The molecule has 0 bridgehead atoms. The fourth-order valence-corrected chi connectivity index (χ4v) is 1.98. The van der Waals surface area contributed by atoms with Crippen molar-refractivity contribution in [2.24, 2.45) is 0 Å². The van der Waals surface area contributed by atoms with Crippen LogP contribution in [0.4, 0.5) is 5.69 Å². The molecule has 0 aliphatic carbocycles. The molecule has 0 aliphatic rings. The molecule has 0 radical (unpaired) electrons. The van der Waals surface area contributed by atoms with E-state index in [0.29, 0.717) is 11.3 Å². The van der Waals surface area contributed by atoms with E-state index in [0.717, 1.165) is 5.56 Å². The third-order valence-corrected chi connectivity index (χ3v) is 3.23. The summed E-state index contributed by atoms with van der Waals surface area (Å²) in [4.78, 5) is 23.3. The highest BCUT2D eigenvalue weighted by Gasteiger charge is 2.16. The second-order valence-electron chi connectivity index (χ2n) is 4.85. The van der Waals surface area contributed by atoms with Gasteiger partial charge in [0.2, 0.25) is 5.91 Å². The molecule has 3 N–H and O–H groups in total. The SMILES string of the molecule is CNC(=O)Cc1ccc(NC(=O)C(O)c2ccccc2)cc1. The molecular weight excluding hydrogens is 280 g/mol. The number of carbonyl (C=O) groups is 2. The highest BCUT2D eigenvalue weighted by Crippen LogP contribution is 2.16. The summed E-state index contributed by atoms with van der Waals surface area (Å²) in [5.74, 6) is -0.568. The molecule has 1 atom stereocenters. The van der Waals surface area contributed by atoms with Crippen LogP contribution in [-0.4, -0.2) is 24.0 Å². The van der Waals surface area contributed by atoms with Gasteiger partial charge in [0.25, 0.3) is 5.91 Å². The maximum atomic E-state index is 12.0. The third kappa shape index (κ3) is 4.17. The van der Waals surface area contributed by atoms with Crippen LogP contribution in [0.15, 0.2) is 54.6 Å². The third-order valence-electron chi connectivity index (χ3n) is 3.23. The van der Waals surface area contributed by atoms with Crippen LogP contribution >= 0.6 is 0 Å². The van der Waals surface area contributed by atoms with Crippen molar-refractivity contribution in [1.82, 2.24) is 5.32 Å². The van der Waals surface area contributed by atoms with Gasteiger partial charge in [0.15, 0.2) is 6.10 Å². The number of hydrogen-bond acceptors (Lipinski definition) is 3. The van der Waals surface area contributed by atoms with Crippen molar-refractivity contribution >= 4 is 17.5 Å². The Morgan fingerprint density at radius 3 is 2.27 bits per heavy atom. The molecule has 0 aromatic heterocycles. The molecule has 5 heteroatoms. The zero-order valence-corrected chi connectivity index (χ0v) is 12.2. The van der Waals surface area contributed by atoms with Gasteiger partial charge in [-0.15, -0.1) is 0 Å². The standard InChI is InChI=1S/C17H18N2O3/c1-18-15(20)11-12-7-9-14(10-8-12)19-17(22)16(21)13-5-3-2-4-6-13/h2-10,16,21H,11H2,1H3,(H,18,20)(H,19,22). The zero-order valence-electron chi connectivity index (χ0n) is 12.2. The lowest BCUT2D eigenvalue weighted by molar-refractivity contribution is -0.124. The minimum Gasteiger partial charge on any atom is -0.378 e. The van der Waals surface area contributed by atoms with Gasteiger partial charge in [-0.3, -0.25) is 9.59 Å². The molecule has 114 valence electrons. The fraction of sp³-hybridized carbons (Fsp3) is 0.176. The Balaban J connectivity index is 1.98. The van der Waals surface area contributed by atoms with E-state index in [1.165, 1.54) is 0 Å². The van der Waals surface area contributed by atoms with Crippen LogP contribution in [-0.2, 0) is 16.0 Å². The first-order chi connectivity index (χ1) is 10.6. The van der Waals surface area contributed by atoms with Crippen LogP contribution in [0, 0.1) is 0 Å². The normalized spacial score (nSPS) is 11.5. The fourth-order valence-electron chi connectivity index (χ4n) is 1.98. The minimum atomic E-state index is -1.22. The molecule has 0 fully saturated rings. The number of rotatable bonds is 5. The molecule has 0 saturated heterocycles. The van der Waals surface area contributed by atoms with Crippen molar-refractivity contribution in [3.8, 4) is 0 Å². The molecule has 0 saturated carbocycles. The summed E-state index contributed by atoms with van der Waals surface area (Å²) in [6, 6.07) is 15.7. The first-order valence-electron chi connectivity index (χ1n) is 6.93. The lowest BCUT2D eigenvalue weighted by Crippen LogP contribution is -2.21. The van der Waals surface area contributed by atoms with E-state index in [9.17, 15) is 14.7 Å². The monoisotopic (exact) mass is 298 g/mol. The predicted molar refractivity (Wildman–Crippen MR) is 84.2 cm³/mol. The maximum Gasteiger partial charge on any atom is 0.257 e. The van der Waals surface area contributed by atoms with Gasteiger partial charge < -0.3 is 15.7 Å². The van der Waals surface area contributed by atoms with Gasteiger partial charge >= 0.3 is 0 Å². The van der Waals surface area contributed by atoms with E-state index in [1.54, 1.807) is 55.6 Å². The summed E-state index contributed by atoms with van der Waals surface area (Å²) in [6.07, 6.45) is -0.927.